The van der Waals surface area contributed by atoms with Gasteiger partial charge in [0, 0.05) is 7.49 Å². The molecule has 0 bridgehead atoms. The molecule has 0 saturated heterocycles. The van der Waals surface area contributed by atoms with Crippen molar-refractivity contribution in [1.29, 1.82) is 0 Å². The summed E-state index contributed by atoms with van der Waals surface area (Å²) in [6.45, 7) is 4.47. The molecule has 2 rings (SSSR count). The summed E-state index contributed by atoms with van der Waals surface area (Å²) in [5, 5.41) is 0. The van der Waals surface area contributed by atoms with Crippen molar-refractivity contribution in [1.82, 2.24) is 0 Å². The van der Waals surface area contributed by atoms with Crippen molar-refractivity contribution in [3.63, 3.8) is 0 Å². The van der Waals surface area contributed by atoms with Crippen LogP contribution in [0.5, 0.6) is 0 Å². The number of rotatable bonds is 1. The topological polar surface area (TPSA) is 0 Å². The van der Waals surface area contributed by atoms with Crippen molar-refractivity contribution >= 4 is 50.8 Å². The van der Waals surface area contributed by atoms with E-state index in [1.807, 2.05) is 0 Å². The highest BCUT2D eigenvalue weighted by Gasteiger charge is 2.16. The molecule has 0 N–H and O–H groups in total. The van der Waals surface area contributed by atoms with Crippen LogP contribution in [0, 0.1) is 10.5 Å². The SMILES string of the molecule is CC1=C(c2cccc(I)c2C)C=CCC1I. The van der Waals surface area contributed by atoms with Gasteiger partial charge in [-0.25, -0.2) is 0 Å². The fourth-order valence-corrected chi connectivity index (χ4v) is 3.11. The van der Waals surface area contributed by atoms with Gasteiger partial charge < -0.3 is 0 Å². The minimum atomic E-state index is 0.648. The maximum atomic E-state index is 2.53. The Bertz CT molecular complexity index is 470. The van der Waals surface area contributed by atoms with E-state index in [1.165, 1.54) is 32.3 Å². The van der Waals surface area contributed by atoms with Crippen LogP contribution in [0.15, 0.2) is 35.9 Å². The first kappa shape index (κ1) is 12.6. The smallest absolute Gasteiger partial charge is 0.0359 e. The Hall–Kier alpha value is 0.160. The van der Waals surface area contributed by atoms with E-state index in [0.29, 0.717) is 3.92 Å². The molecule has 84 valence electrons. The molecule has 0 fully saturated rings. The predicted octanol–water partition coefficient (Wildman–Crippen LogP) is 5.14. The maximum Gasteiger partial charge on any atom is 0.0359 e. The lowest BCUT2D eigenvalue weighted by Crippen LogP contribution is -2.05. The van der Waals surface area contributed by atoms with Gasteiger partial charge in [-0.3, -0.25) is 0 Å². The normalized spacial score (nSPS) is 20.4. The lowest BCUT2D eigenvalue weighted by molar-refractivity contribution is 1.02. The fourth-order valence-electron chi connectivity index (χ4n) is 1.98. The number of halogens is 2. The second-order valence-electron chi connectivity index (χ2n) is 4.11. The molecule has 0 radical (unpaired) electrons. The van der Waals surface area contributed by atoms with Crippen LogP contribution >= 0.6 is 45.2 Å². The Kier molecular flexibility index (Phi) is 4.11. The first-order chi connectivity index (χ1) is 7.61. The van der Waals surface area contributed by atoms with E-state index in [-0.39, 0.29) is 0 Å². The van der Waals surface area contributed by atoms with Gasteiger partial charge in [-0.05, 0) is 65.6 Å². The van der Waals surface area contributed by atoms with E-state index in [2.05, 4.69) is 89.4 Å². The van der Waals surface area contributed by atoms with Crippen LogP contribution in [0.25, 0.3) is 5.57 Å². The van der Waals surface area contributed by atoms with Crippen molar-refractivity contribution in [2.45, 2.75) is 24.2 Å². The zero-order valence-electron chi connectivity index (χ0n) is 9.43. The van der Waals surface area contributed by atoms with E-state index >= 15 is 0 Å². The minimum Gasteiger partial charge on any atom is -0.0826 e. The summed E-state index contributed by atoms with van der Waals surface area (Å²) in [7, 11) is 0. The van der Waals surface area contributed by atoms with Crippen LogP contribution in [0.3, 0.4) is 0 Å². The molecule has 0 heterocycles. The molecule has 2 heteroatoms. The Morgan fingerprint density at radius 2 is 2.00 bits per heavy atom. The number of hydrogen-bond donors (Lipinski definition) is 0. The second kappa shape index (κ2) is 5.21. The molecule has 0 nitrogen and oxygen atoms in total. The summed E-state index contributed by atoms with van der Waals surface area (Å²) >= 11 is 4.94. The van der Waals surface area contributed by atoms with E-state index < -0.39 is 0 Å². The second-order valence-corrected chi connectivity index (χ2v) is 6.78. The Morgan fingerprint density at radius 3 is 2.75 bits per heavy atom. The van der Waals surface area contributed by atoms with Crippen molar-refractivity contribution < 1.29 is 0 Å². The van der Waals surface area contributed by atoms with Crippen molar-refractivity contribution in [2.75, 3.05) is 0 Å². The van der Waals surface area contributed by atoms with Gasteiger partial charge in [-0.2, -0.15) is 0 Å². The van der Waals surface area contributed by atoms with Gasteiger partial charge in [-0.1, -0.05) is 52.4 Å². The molecule has 1 atom stereocenters. The van der Waals surface area contributed by atoms with E-state index in [9.17, 15) is 0 Å². The van der Waals surface area contributed by atoms with E-state index in [1.54, 1.807) is 0 Å². The van der Waals surface area contributed by atoms with Crippen LogP contribution in [0.4, 0.5) is 0 Å². The average Bonchev–Trinajstić information content (AvgIpc) is 2.27. The Balaban J connectivity index is 2.56. The average molecular weight is 436 g/mol. The van der Waals surface area contributed by atoms with E-state index in [0.717, 1.165) is 0 Å². The van der Waals surface area contributed by atoms with Crippen LogP contribution < -0.4 is 0 Å². The van der Waals surface area contributed by atoms with Crippen molar-refractivity contribution in [2.24, 2.45) is 0 Å². The van der Waals surface area contributed by atoms with Gasteiger partial charge in [0.25, 0.3) is 0 Å². The number of benzene rings is 1. The van der Waals surface area contributed by atoms with Gasteiger partial charge in [0.2, 0.25) is 0 Å². The summed E-state index contributed by atoms with van der Waals surface area (Å²) in [5.74, 6) is 0. The van der Waals surface area contributed by atoms with Crippen LogP contribution in [-0.4, -0.2) is 3.92 Å². The van der Waals surface area contributed by atoms with Crippen molar-refractivity contribution in [3.05, 3.63) is 50.6 Å². The lowest BCUT2D eigenvalue weighted by Gasteiger charge is -2.19. The molecule has 1 aliphatic rings. The summed E-state index contributed by atoms with van der Waals surface area (Å²) < 4.78 is 1.99. The monoisotopic (exact) mass is 436 g/mol. The molecular formula is C14H14I2. The third kappa shape index (κ3) is 2.37. The molecule has 1 aliphatic carbocycles. The molecule has 0 aliphatic heterocycles. The quantitative estimate of drug-likeness (QED) is 0.423. The summed E-state index contributed by atoms with van der Waals surface area (Å²) in [5.41, 5.74) is 5.71. The Labute approximate surface area is 124 Å². The highest BCUT2D eigenvalue weighted by atomic mass is 127. The van der Waals surface area contributed by atoms with Crippen LogP contribution in [0.1, 0.15) is 24.5 Å². The third-order valence-corrected chi connectivity index (χ3v) is 5.69. The summed E-state index contributed by atoms with van der Waals surface area (Å²) in [6.07, 6.45) is 5.74. The van der Waals surface area contributed by atoms with Gasteiger partial charge in [-0.15, -0.1) is 0 Å². The summed E-state index contributed by atoms with van der Waals surface area (Å²) in [4.78, 5) is 0. The molecule has 0 amide bonds. The molecule has 1 aromatic carbocycles. The molecule has 1 aromatic rings. The lowest BCUT2D eigenvalue weighted by atomic mass is 9.91. The predicted molar refractivity (Wildman–Crippen MR) is 88.1 cm³/mol. The number of hydrogen-bond acceptors (Lipinski definition) is 0. The number of alkyl halides is 1. The fraction of sp³-hybridized carbons (Fsp3) is 0.286. The first-order valence-corrected chi connectivity index (χ1v) is 7.70. The molecule has 1 unspecified atom stereocenters. The van der Waals surface area contributed by atoms with Gasteiger partial charge in [0.1, 0.15) is 0 Å². The molecule has 16 heavy (non-hydrogen) atoms. The molecule has 0 spiro atoms. The van der Waals surface area contributed by atoms with Gasteiger partial charge in [0.15, 0.2) is 0 Å². The maximum absolute atomic E-state index is 2.53. The van der Waals surface area contributed by atoms with Crippen molar-refractivity contribution in [3.8, 4) is 0 Å². The zero-order chi connectivity index (χ0) is 11.7. The third-order valence-electron chi connectivity index (χ3n) is 3.08. The van der Waals surface area contributed by atoms with E-state index in [4.69, 9.17) is 0 Å². The first-order valence-electron chi connectivity index (χ1n) is 5.38. The zero-order valence-corrected chi connectivity index (χ0v) is 13.7. The molecule has 0 aromatic heterocycles. The highest BCUT2D eigenvalue weighted by Crippen LogP contribution is 2.33. The Morgan fingerprint density at radius 1 is 1.25 bits per heavy atom. The molecule has 0 saturated carbocycles. The van der Waals surface area contributed by atoms with Crippen LogP contribution in [-0.2, 0) is 0 Å². The van der Waals surface area contributed by atoms with Crippen LogP contribution in [0.2, 0.25) is 0 Å². The standard InChI is InChI=1S/C14H14I2/c1-9-11(5-3-7-13(9)15)12-6-4-8-14(16)10(12)2/h3-7,14H,8H2,1-2H3. The van der Waals surface area contributed by atoms with Gasteiger partial charge in [0.05, 0.1) is 0 Å². The highest BCUT2D eigenvalue weighted by molar-refractivity contribution is 14.1. The van der Waals surface area contributed by atoms with Gasteiger partial charge >= 0.3 is 0 Å². The number of allylic oxidation sites excluding steroid dienone is 4. The summed E-state index contributed by atoms with van der Waals surface area (Å²) in [6, 6.07) is 6.55. The molecular weight excluding hydrogens is 422 g/mol. The largest absolute Gasteiger partial charge is 0.0826 e. The minimum absolute atomic E-state index is 0.648.